The van der Waals surface area contributed by atoms with E-state index >= 15 is 0 Å². The lowest BCUT2D eigenvalue weighted by molar-refractivity contribution is 0.0857. The third kappa shape index (κ3) is 3.47. The summed E-state index contributed by atoms with van der Waals surface area (Å²) in [6.07, 6.45) is 3.05. The van der Waals surface area contributed by atoms with Crippen LogP contribution in [0.15, 0.2) is 48.5 Å². The molecule has 0 unspecified atom stereocenters. The summed E-state index contributed by atoms with van der Waals surface area (Å²) in [5, 5.41) is 0. The number of carbonyl (C=O) groups excluding carboxylic acids is 1. The van der Waals surface area contributed by atoms with Crippen molar-refractivity contribution in [2.75, 3.05) is 31.6 Å². The highest BCUT2D eigenvalue weighted by atomic mass is 16.1. The maximum absolute atomic E-state index is 12.9. The molecule has 2 aliphatic heterocycles. The Labute approximate surface area is 150 Å². The Hall–Kier alpha value is -2.13. The molecule has 0 saturated carbocycles. The molecule has 0 atom stereocenters. The summed E-state index contributed by atoms with van der Waals surface area (Å²) in [6, 6.07) is 16.9. The Balaban J connectivity index is 1.53. The highest BCUT2D eigenvalue weighted by molar-refractivity contribution is 5.99. The van der Waals surface area contributed by atoms with Gasteiger partial charge in [-0.25, -0.2) is 0 Å². The van der Waals surface area contributed by atoms with Crippen molar-refractivity contribution in [3.8, 4) is 0 Å². The fourth-order valence-corrected chi connectivity index (χ4v) is 4.07. The van der Waals surface area contributed by atoms with Crippen LogP contribution in [0.4, 0.5) is 5.69 Å². The zero-order valence-corrected chi connectivity index (χ0v) is 14.9. The predicted octanol–water partition coefficient (Wildman–Crippen LogP) is 3.77. The zero-order chi connectivity index (χ0) is 17.2. The molecule has 2 aromatic rings. The van der Waals surface area contributed by atoms with Gasteiger partial charge in [-0.2, -0.15) is 0 Å². The van der Waals surface area contributed by atoms with Gasteiger partial charge in [-0.05, 0) is 56.6 Å². The molecule has 25 heavy (non-hydrogen) atoms. The lowest BCUT2D eigenvalue weighted by Gasteiger charge is -2.28. The first-order valence-corrected chi connectivity index (χ1v) is 9.35. The largest absolute Gasteiger partial charge is 0.367 e. The van der Waals surface area contributed by atoms with Crippen LogP contribution in [0.25, 0.3) is 0 Å². The number of hydrogen-bond acceptors (Lipinski definition) is 3. The van der Waals surface area contributed by atoms with E-state index in [-0.39, 0.29) is 5.92 Å². The van der Waals surface area contributed by atoms with E-state index in [9.17, 15) is 4.79 Å². The predicted molar refractivity (Wildman–Crippen MR) is 102 cm³/mol. The van der Waals surface area contributed by atoms with Gasteiger partial charge in [0.15, 0.2) is 5.78 Å². The molecule has 0 aliphatic carbocycles. The third-order valence-electron chi connectivity index (χ3n) is 5.67. The number of carbonyl (C=O) groups is 1. The van der Waals surface area contributed by atoms with Crippen molar-refractivity contribution in [1.82, 2.24) is 4.90 Å². The van der Waals surface area contributed by atoms with Crippen molar-refractivity contribution >= 4 is 11.5 Å². The second-order valence-electron chi connectivity index (χ2n) is 7.44. The number of anilines is 1. The average molecular weight is 334 g/mol. The second-order valence-corrected chi connectivity index (χ2v) is 7.44. The van der Waals surface area contributed by atoms with E-state index in [0.29, 0.717) is 5.78 Å². The smallest absolute Gasteiger partial charge is 0.166 e. The highest BCUT2D eigenvalue weighted by Gasteiger charge is 2.26. The number of nitrogens with zero attached hydrogens (tertiary/aromatic N) is 2. The Morgan fingerprint density at radius 2 is 1.80 bits per heavy atom. The number of Topliss-reactive ketones (excluding diaryl/α,β-unsaturated/α-hetero) is 1. The van der Waals surface area contributed by atoms with Crippen LogP contribution in [-0.2, 0) is 13.0 Å². The Kier molecular flexibility index (Phi) is 4.58. The number of likely N-dealkylation sites (tertiary alicyclic amines) is 1. The standard InChI is InChI=1S/C22H26N2O/c1-23-12-9-19(10-13-23)22(25)20-8-7-18-11-14-24(21(18)15-20)16-17-5-3-2-4-6-17/h2-8,15,19H,9-14,16H2,1H3. The monoisotopic (exact) mass is 334 g/mol. The summed E-state index contributed by atoms with van der Waals surface area (Å²) < 4.78 is 0. The molecule has 1 fully saturated rings. The minimum absolute atomic E-state index is 0.193. The van der Waals surface area contributed by atoms with E-state index in [1.54, 1.807) is 0 Å². The molecular weight excluding hydrogens is 308 g/mol. The van der Waals surface area contributed by atoms with Gasteiger partial charge in [-0.1, -0.05) is 42.5 Å². The van der Waals surface area contributed by atoms with Crippen molar-refractivity contribution in [3.63, 3.8) is 0 Å². The Bertz CT molecular complexity index is 748. The molecular formula is C22H26N2O. The second kappa shape index (κ2) is 7.01. The maximum atomic E-state index is 12.9. The van der Waals surface area contributed by atoms with Gasteiger partial charge in [0, 0.05) is 30.3 Å². The summed E-state index contributed by atoms with van der Waals surface area (Å²) >= 11 is 0. The van der Waals surface area contributed by atoms with Gasteiger partial charge >= 0.3 is 0 Å². The van der Waals surface area contributed by atoms with Gasteiger partial charge < -0.3 is 9.80 Å². The van der Waals surface area contributed by atoms with E-state index in [1.165, 1.54) is 16.8 Å². The fourth-order valence-electron chi connectivity index (χ4n) is 4.07. The van der Waals surface area contributed by atoms with E-state index in [1.807, 2.05) is 6.07 Å². The van der Waals surface area contributed by atoms with Gasteiger partial charge in [-0.3, -0.25) is 4.79 Å². The summed E-state index contributed by atoms with van der Waals surface area (Å²) in [6.45, 7) is 4.01. The van der Waals surface area contributed by atoms with Crippen LogP contribution >= 0.6 is 0 Å². The van der Waals surface area contributed by atoms with Crippen LogP contribution in [0.3, 0.4) is 0 Å². The maximum Gasteiger partial charge on any atom is 0.166 e. The van der Waals surface area contributed by atoms with Crippen molar-refractivity contribution in [2.45, 2.75) is 25.8 Å². The van der Waals surface area contributed by atoms with E-state index in [4.69, 9.17) is 0 Å². The lowest BCUT2D eigenvalue weighted by atomic mass is 9.88. The molecule has 2 aliphatic rings. The van der Waals surface area contributed by atoms with Crippen molar-refractivity contribution < 1.29 is 4.79 Å². The number of fused-ring (bicyclic) bond motifs is 1. The highest BCUT2D eigenvalue weighted by Crippen LogP contribution is 2.32. The molecule has 0 amide bonds. The van der Waals surface area contributed by atoms with Crippen LogP contribution < -0.4 is 4.90 Å². The van der Waals surface area contributed by atoms with Gasteiger partial charge in [0.25, 0.3) is 0 Å². The molecule has 0 radical (unpaired) electrons. The minimum atomic E-state index is 0.193. The van der Waals surface area contributed by atoms with Crippen LogP contribution in [0.1, 0.15) is 34.3 Å². The van der Waals surface area contributed by atoms with Crippen molar-refractivity contribution in [3.05, 3.63) is 65.2 Å². The molecule has 3 heteroatoms. The summed E-state index contributed by atoms with van der Waals surface area (Å²) in [4.78, 5) is 17.7. The fraction of sp³-hybridized carbons (Fsp3) is 0.409. The van der Waals surface area contributed by atoms with E-state index < -0.39 is 0 Å². The number of ketones is 1. The number of piperidine rings is 1. The molecule has 4 rings (SSSR count). The van der Waals surface area contributed by atoms with Crippen molar-refractivity contribution in [2.24, 2.45) is 5.92 Å². The first kappa shape index (κ1) is 16.3. The first-order chi connectivity index (χ1) is 12.2. The molecule has 0 aromatic heterocycles. The van der Waals surface area contributed by atoms with Crippen LogP contribution in [0, 0.1) is 5.92 Å². The Morgan fingerprint density at radius 3 is 2.56 bits per heavy atom. The first-order valence-electron chi connectivity index (χ1n) is 9.35. The number of hydrogen-bond donors (Lipinski definition) is 0. The molecule has 3 nitrogen and oxygen atoms in total. The van der Waals surface area contributed by atoms with Gasteiger partial charge in [-0.15, -0.1) is 0 Å². The summed E-state index contributed by atoms with van der Waals surface area (Å²) in [5.74, 6) is 0.528. The zero-order valence-electron chi connectivity index (χ0n) is 14.9. The molecule has 2 heterocycles. The molecule has 130 valence electrons. The minimum Gasteiger partial charge on any atom is -0.367 e. The van der Waals surface area contributed by atoms with Gasteiger partial charge in [0.1, 0.15) is 0 Å². The lowest BCUT2D eigenvalue weighted by Crippen LogP contribution is -2.33. The van der Waals surface area contributed by atoms with Gasteiger partial charge in [0.05, 0.1) is 0 Å². The summed E-state index contributed by atoms with van der Waals surface area (Å²) in [5.41, 5.74) is 4.84. The van der Waals surface area contributed by atoms with Crippen LogP contribution in [-0.4, -0.2) is 37.4 Å². The molecule has 0 bridgehead atoms. The average Bonchev–Trinajstić information content (AvgIpc) is 3.05. The van der Waals surface area contributed by atoms with Crippen LogP contribution in [0.5, 0.6) is 0 Å². The van der Waals surface area contributed by atoms with E-state index in [2.05, 4.69) is 59.3 Å². The van der Waals surface area contributed by atoms with Crippen LogP contribution in [0.2, 0.25) is 0 Å². The quantitative estimate of drug-likeness (QED) is 0.795. The third-order valence-corrected chi connectivity index (χ3v) is 5.67. The molecule has 2 aromatic carbocycles. The SMILES string of the molecule is CN1CCC(C(=O)c2ccc3c(c2)N(Cc2ccccc2)CC3)CC1. The molecule has 1 saturated heterocycles. The molecule has 0 spiro atoms. The number of rotatable bonds is 4. The van der Waals surface area contributed by atoms with E-state index in [0.717, 1.165) is 51.0 Å². The molecule has 0 N–H and O–H groups in total. The van der Waals surface area contributed by atoms with Gasteiger partial charge in [0.2, 0.25) is 0 Å². The van der Waals surface area contributed by atoms with Crippen molar-refractivity contribution in [1.29, 1.82) is 0 Å². The Morgan fingerprint density at radius 1 is 1.04 bits per heavy atom. The summed E-state index contributed by atoms with van der Waals surface area (Å²) in [7, 11) is 2.14. The normalized spacial score (nSPS) is 18.4. The number of benzene rings is 2. The topological polar surface area (TPSA) is 23.6 Å².